The molecular weight excluding hydrogens is 228 g/mol. The van der Waals surface area contributed by atoms with E-state index in [9.17, 15) is 4.79 Å². The van der Waals surface area contributed by atoms with E-state index in [2.05, 4.69) is 17.1 Å². The van der Waals surface area contributed by atoms with Crippen molar-refractivity contribution in [3.05, 3.63) is 0 Å². The van der Waals surface area contributed by atoms with E-state index < -0.39 is 0 Å². The summed E-state index contributed by atoms with van der Waals surface area (Å²) in [6, 6.07) is -0.137. The van der Waals surface area contributed by atoms with Gasteiger partial charge in [-0.1, -0.05) is 32.6 Å². The van der Waals surface area contributed by atoms with Crippen molar-refractivity contribution in [1.29, 1.82) is 0 Å². The molecule has 0 spiro atoms. The quantitative estimate of drug-likeness (QED) is 0.455. The summed E-state index contributed by atoms with van der Waals surface area (Å²) in [7, 11) is 4.06. The summed E-state index contributed by atoms with van der Waals surface area (Å²) in [5, 5.41) is 3.30. The number of esters is 1. The maximum absolute atomic E-state index is 11.8. The number of carbonyl (C=O) groups is 1. The van der Waals surface area contributed by atoms with Gasteiger partial charge in [0.25, 0.3) is 0 Å². The minimum atomic E-state index is -0.137. The van der Waals surface area contributed by atoms with Gasteiger partial charge in [-0.15, -0.1) is 0 Å². The van der Waals surface area contributed by atoms with Gasteiger partial charge in [0.15, 0.2) is 0 Å². The summed E-state index contributed by atoms with van der Waals surface area (Å²) in [6.07, 6.45) is 5.63. The Hall–Kier alpha value is -0.610. The van der Waals surface area contributed by atoms with E-state index in [4.69, 9.17) is 4.74 Å². The average molecular weight is 258 g/mol. The Morgan fingerprint density at radius 2 is 1.94 bits per heavy atom. The molecule has 0 aliphatic rings. The highest BCUT2D eigenvalue weighted by molar-refractivity contribution is 5.75. The molecule has 0 amide bonds. The molecule has 1 N–H and O–H groups in total. The molecule has 4 nitrogen and oxygen atoms in total. The van der Waals surface area contributed by atoms with Crippen molar-refractivity contribution in [2.75, 3.05) is 33.8 Å². The second kappa shape index (κ2) is 11.5. The van der Waals surface area contributed by atoms with Gasteiger partial charge >= 0.3 is 5.97 Å². The number of likely N-dealkylation sites (N-methyl/N-ethyl adjacent to an activating group) is 1. The predicted octanol–water partition coefficient (Wildman–Crippen LogP) is 2.04. The molecule has 0 aliphatic heterocycles. The molecule has 108 valence electrons. The third kappa shape index (κ3) is 9.42. The lowest BCUT2D eigenvalue weighted by Crippen LogP contribution is -2.41. The van der Waals surface area contributed by atoms with Crippen LogP contribution in [0, 0.1) is 0 Å². The number of hydrogen-bond donors (Lipinski definition) is 1. The highest BCUT2D eigenvalue weighted by atomic mass is 16.5. The fraction of sp³-hybridized carbons (Fsp3) is 0.929. The number of nitrogens with one attached hydrogen (secondary N) is 1. The van der Waals surface area contributed by atoms with E-state index in [0.717, 1.165) is 25.9 Å². The fourth-order valence-electron chi connectivity index (χ4n) is 1.78. The van der Waals surface area contributed by atoms with Gasteiger partial charge in [-0.2, -0.15) is 0 Å². The number of hydrogen-bond acceptors (Lipinski definition) is 4. The highest BCUT2D eigenvalue weighted by Crippen LogP contribution is 2.07. The third-order valence-electron chi connectivity index (χ3n) is 2.87. The summed E-state index contributed by atoms with van der Waals surface area (Å²) in [5.74, 6) is -0.104. The molecule has 0 heterocycles. The average Bonchev–Trinajstić information content (AvgIpc) is 2.32. The monoisotopic (exact) mass is 258 g/mol. The van der Waals surface area contributed by atoms with E-state index in [0.29, 0.717) is 6.61 Å². The standard InChI is InChI=1S/C14H30N2O2/c1-5-7-8-9-10-13(14(17)18-6-2)15-11-12-16(3)4/h13,15H,5-12H2,1-4H3. The van der Waals surface area contributed by atoms with Gasteiger partial charge in [0.05, 0.1) is 6.61 Å². The van der Waals surface area contributed by atoms with Gasteiger partial charge in [0, 0.05) is 13.1 Å². The second-order valence-corrected chi connectivity index (χ2v) is 4.91. The highest BCUT2D eigenvalue weighted by Gasteiger charge is 2.18. The minimum Gasteiger partial charge on any atom is -0.465 e. The van der Waals surface area contributed by atoms with Gasteiger partial charge < -0.3 is 15.0 Å². The Morgan fingerprint density at radius 1 is 1.22 bits per heavy atom. The first-order valence-electron chi connectivity index (χ1n) is 7.16. The Labute approximate surface area is 112 Å². The van der Waals surface area contributed by atoms with Gasteiger partial charge in [0.2, 0.25) is 0 Å². The van der Waals surface area contributed by atoms with Crippen molar-refractivity contribution in [2.24, 2.45) is 0 Å². The first kappa shape index (κ1) is 17.4. The molecule has 0 saturated heterocycles. The molecule has 0 bridgehead atoms. The van der Waals surface area contributed by atoms with Crippen molar-refractivity contribution in [3.8, 4) is 0 Å². The van der Waals surface area contributed by atoms with Crippen LogP contribution < -0.4 is 5.32 Å². The van der Waals surface area contributed by atoms with Crippen LogP contribution in [0.5, 0.6) is 0 Å². The van der Waals surface area contributed by atoms with E-state index in [1.54, 1.807) is 0 Å². The van der Waals surface area contributed by atoms with Gasteiger partial charge in [-0.25, -0.2) is 0 Å². The van der Waals surface area contributed by atoms with E-state index in [1.807, 2.05) is 21.0 Å². The first-order valence-corrected chi connectivity index (χ1v) is 7.16. The largest absolute Gasteiger partial charge is 0.465 e. The maximum Gasteiger partial charge on any atom is 0.323 e. The zero-order valence-electron chi connectivity index (χ0n) is 12.5. The van der Waals surface area contributed by atoms with Crippen LogP contribution in [0.15, 0.2) is 0 Å². The third-order valence-corrected chi connectivity index (χ3v) is 2.87. The summed E-state index contributed by atoms with van der Waals surface area (Å²) in [4.78, 5) is 13.9. The number of carbonyl (C=O) groups excluding carboxylic acids is 1. The van der Waals surface area contributed by atoms with Gasteiger partial charge in [-0.3, -0.25) is 4.79 Å². The van der Waals surface area contributed by atoms with Crippen molar-refractivity contribution in [2.45, 2.75) is 52.0 Å². The maximum atomic E-state index is 11.8. The van der Waals surface area contributed by atoms with Crippen molar-refractivity contribution < 1.29 is 9.53 Å². The van der Waals surface area contributed by atoms with Crippen LogP contribution in [-0.4, -0.2) is 50.7 Å². The number of rotatable bonds is 11. The molecule has 0 aromatic heterocycles. The summed E-state index contributed by atoms with van der Waals surface area (Å²) >= 11 is 0. The number of unbranched alkanes of at least 4 members (excludes halogenated alkanes) is 3. The summed E-state index contributed by atoms with van der Waals surface area (Å²) < 4.78 is 5.10. The van der Waals surface area contributed by atoms with Crippen molar-refractivity contribution in [1.82, 2.24) is 10.2 Å². The van der Waals surface area contributed by atoms with Crippen LogP contribution in [-0.2, 0) is 9.53 Å². The van der Waals surface area contributed by atoms with Crippen LogP contribution >= 0.6 is 0 Å². The lowest BCUT2D eigenvalue weighted by atomic mass is 10.1. The van der Waals surface area contributed by atoms with E-state index in [-0.39, 0.29) is 12.0 Å². The zero-order chi connectivity index (χ0) is 13.8. The first-order chi connectivity index (χ1) is 8.61. The predicted molar refractivity (Wildman–Crippen MR) is 75.7 cm³/mol. The molecule has 0 saturated carbocycles. The molecule has 1 unspecified atom stereocenters. The Kier molecular flexibility index (Phi) is 11.1. The van der Waals surface area contributed by atoms with Crippen LogP contribution in [0.3, 0.4) is 0 Å². The Morgan fingerprint density at radius 3 is 2.50 bits per heavy atom. The van der Waals surface area contributed by atoms with E-state index in [1.165, 1.54) is 19.3 Å². The van der Waals surface area contributed by atoms with Crippen LogP contribution in [0.4, 0.5) is 0 Å². The second-order valence-electron chi connectivity index (χ2n) is 4.91. The van der Waals surface area contributed by atoms with Gasteiger partial charge in [-0.05, 0) is 27.4 Å². The normalized spacial score (nSPS) is 12.7. The molecule has 0 aromatic carbocycles. The number of nitrogens with zero attached hydrogens (tertiary/aromatic N) is 1. The molecule has 0 rings (SSSR count). The smallest absolute Gasteiger partial charge is 0.323 e. The zero-order valence-corrected chi connectivity index (χ0v) is 12.5. The van der Waals surface area contributed by atoms with Crippen LogP contribution in [0.2, 0.25) is 0 Å². The van der Waals surface area contributed by atoms with Crippen LogP contribution in [0.25, 0.3) is 0 Å². The SMILES string of the molecule is CCCCCCC(NCCN(C)C)C(=O)OCC. The molecule has 1 atom stereocenters. The molecule has 0 aromatic rings. The van der Waals surface area contributed by atoms with Gasteiger partial charge in [0.1, 0.15) is 6.04 Å². The lowest BCUT2D eigenvalue weighted by Gasteiger charge is -2.18. The summed E-state index contributed by atoms with van der Waals surface area (Å²) in [5.41, 5.74) is 0. The molecule has 4 heteroatoms. The van der Waals surface area contributed by atoms with Crippen LogP contribution in [0.1, 0.15) is 46.0 Å². The fourth-order valence-corrected chi connectivity index (χ4v) is 1.78. The van der Waals surface area contributed by atoms with E-state index >= 15 is 0 Å². The topological polar surface area (TPSA) is 41.6 Å². The molecule has 0 aliphatic carbocycles. The number of ether oxygens (including phenoxy) is 1. The lowest BCUT2D eigenvalue weighted by molar-refractivity contribution is -0.145. The molecule has 0 fully saturated rings. The minimum absolute atomic E-state index is 0.104. The van der Waals surface area contributed by atoms with Crippen molar-refractivity contribution >= 4 is 5.97 Å². The Balaban J connectivity index is 3.95. The Bertz CT molecular complexity index is 208. The summed E-state index contributed by atoms with van der Waals surface area (Å²) in [6.45, 7) is 6.26. The molecule has 0 radical (unpaired) electrons. The molecule has 18 heavy (non-hydrogen) atoms. The van der Waals surface area contributed by atoms with Crippen molar-refractivity contribution in [3.63, 3.8) is 0 Å². The molecular formula is C14H30N2O2.